The number of nitrogens with zero attached hydrogens (tertiary/aromatic N) is 6. The Bertz CT molecular complexity index is 490. The van der Waals surface area contributed by atoms with Gasteiger partial charge in [0.2, 0.25) is 0 Å². The first-order valence-electron chi connectivity index (χ1n) is 11.4. The van der Waals surface area contributed by atoms with Crippen LogP contribution in [0, 0.1) is 0 Å². The second kappa shape index (κ2) is 19.1. The van der Waals surface area contributed by atoms with E-state index in [4.69, 9.17) is 0 Å². The Morgan fingerprint density at radius 2 is 0.697 bits per heavy atom. The minimum Gasteiger partial charge on any atom is -0.270 e. The smallest absolute Gasteiger partial charge is 0.270 e. The molecule has 0 fully saturated rings. The van der Waals surface area contributed by atoms with Crippen LogP contribution in [0.15, 0.2) is 0 Å². The summed E-state index contributed by atoms with van der Waals surface area (Å²) in [5.74, 6) is 0. The van der Waals surface area contributed by atoms with Crippen LogP contribution < -0.4 is 0 Å². The van der Waals surface area contributed by atoms with Crippen LogP contribution >= 0.6 is 40.6 Å². The first-order chi connectivity index (χ1) is 14.8. The van der Waals surface area contributed by atoms with Crippen LogP contribution in [-0.4, -0.2) is 127 Å². The summed E-state index contributed by atoms with van der Waals surface area (Å²) in [5, 5.41) is 0. The molecular weight excluding hydrogens is 697 g/mol. The average molecular weight is 751 g/mol. The minimum atomic E-state index is -2.44. The van der Waals surface area contributed by atoms with E-state index in [-0.39, 0.29) is 0 Å². The van der Waals surface area contributed by atoms with Gasteiger partial charge in [-0.25, -0.2) is 28.0 Å². The van der Waals surface area contributed by atoms with E-state index in [1.807, 2.05) is 84.6 Å². The molecule has 0 aromatic carbocycles. The number of hydrogen-bond acceptors (Lipinski definition) is 2. The molecule has 0 spiro atoms. The Hall–Kier alpha value is 1.98. The minimum absolute atomic E-state index is 1.34. The molecule has 0 radical (unpaired) electrons. The van der Waals surface area contributed by atoms with E-state index in [1.54, 1.807) is 28.0 Å². The molecule has 13 heteroatoms. The van der Waals surface area contributed by atoms with E-state index in [0.717, 1.165) is 0 Å². The van der Waals surface area contributed by atoms with Gasteiger partial charge in [-0.05, 0) is 84.6 Å². The molecule has 0 aromatic rings. The summed E-state index contributed by atoms with van der Waals surface area (Å²) in [4.78, 5) is 0. The summed E-state index contributed by atoms with van der Waals surface area (Å²) >= 11 is 6.01. The molecule has 0 heterocycles. The van der Waals surface area contributed by atoms with Gasteiger partial charge in [-0.2, -0.15) is 0 Å². The van der Waals surface area contributed by atoms with Gasteiger partial charge in [0.25, 0.3) is 15.2 Å². The second-order valence-electron chi connectivity index (χ2n) is 9.17. The van der Waals surface area contributed by atoms with Crippen molar-refractivity contribution in [2.24, 2.45) is 0 Å². The molecule has 0 unspecified atom stereocenters. The first kappa shape index (κ1) is 39.5. The molecule has 0 bridgehead atoms. The van der Waals surface area contributed by atoms with Crippen LogP contribution in [0.1, 0.15) is 39.5 Å². The third kappa shape index (κ3) is 15.1. The number of rotatable bonds is 12. The Morgan fingerprint density at radius 3 is 0.788 bits per heavy atom. The van der Waals surface area contributed by atoms with Gasteiger partial charge in [0.1, 0.15) is 0 Å². The van der Waals surface area contributed by atoms with Gasteiger partial charge in [-0.15, -0.1) is 0 Å². The Balaban J connectivity index is -0.000000409. The summed E-state index contributed by atoms with van der Waals surface area (Å²) < 4.78 is 37.5. The SMILES string of the molecule is CCC[CH2][Sn]([Br])([Br])[CH2]CCC.CN(C)P(=O)(N(C)C)N(C)C.CN(C)P(=O)(N(C)C)N(C)C. The summed E-state index contributed by atoms with van der Waals surface area (Å²) in [7, 11) is 17.0. The summed E-state index contributed by atoms with van der Waals surface area (Å²) in [6.07, 6.45) is 5.47. The summed E-state index contributed by atoms with van der Waals surface area (Å²) in [6, 6.07) is 0. The topological polar surface area (TPSA) is 53.6 Å². The van der Waals surface area contributed by atoms with Crippen molar-refractivity contribution in [2.45, 2.75) is 48.4 Å². The van der Waals surface area contributed by atoms with Crippen molar-refractivity contribution in [1.82, 2.24) is 28.0 Å². The van der Waals surface area contributed by atoms with Gasteiger partial charge in [-0.1, -0.05) is 0 Å². The van der Waals surface area contributed by atoms with Crippen molar-refractivity contribution in [1.29, 1.82) is 0 Å². The van der Waals surface area contributed by atoms with Crippen LogP contribution in [0.25, 0.3) is 0 Å². The van der Waals surface area contributed by atoms with Crippen molar-refractivity contribution in [2.75, 3.05) is 84.6 Å². The molecule has 0 rings (SSSR count). The maximum absolute atomic E-state index is 12.1. The van der Waals surface area contributed by atoms with Crippen LogP contribution in [0.3, 0.4) is 0 Å². The van der Waals surface area contributed by atoms with Crippen LogP contribution in [-0.2, 0) is 9.13 Å². The Morgan fingerprint density at radius 1 is 0.515 bits per heavy atom. The van der Waals surface area contributed by atoms with Crippen LogP contribution in [0.4, 0.5) is 0 Å². The molecule has 0 aliphatic carbocycles. The molecule has 0 N–H and O–H groups in total. The zero-order chi connectivity index (χ0) is 27.2. The molecule has 0 amide bonds. The molecule has 0 atom stereocenters. The monoisotopic (exact) mass is 750 g/mol. The van der Waals surface area contributed by atoms with E-state index in [9.17, 15) is 9.13 Å². The van der Waals surface area contributed by atoms with Crippen molar-refractivity contribution in [3.05, 3.63) is 0 Å². The largest absolute Gasteiger partial charge is 0.285 e. The van der Waals surface area contributed by atoms with Crippen molar-refractivity contribution < 1.29 is 9.13 Å². The van der Waals surface area contributed by atoms with Crippen LogP contribution in [0.5, 0.6) is 0 Å². The fourth-order valence-electron chi connectivity index (χ4n) is 3.14. The Kier molecular flexibility index (Phi) is 22.9. The molecule has 8 nitrogen and oxygen atoms in total. The number of hydrogen-bond donors (Lipinski definition) is 0. The molecule has 0 aromatic heterocycles. The fourth-order valence-corrected chi connectivity index (χ4v) is 20.6. The van der Waals surface area contributed by atoms with Gasteiger partial charge in [0.05, 0.1) is 0 Å². The molecule has 33 heavy (non-hydrogen) atoms. The molecule has 0 aliphatic rings. The second-order valence-corrected chi connectivity index (χ2v) is 51.3. The molecule has 204 valence electrons. The first-order valence-corrected chi connectivity index (χ1v) is 31.4. The Labute approximate surface area is 223 Å². The summed E-state index contributed by atoms with van der Waals surface area (Å²) in [5.41, 5.74) is 0. The molecule has 0 saturated carbocycles. The fraction of sp³-hybridized carbons (Fsp3) is 1.00. The molecule has 0 aliphatic heterocycles. The standard InChI is InChI=1S/2C6H18N3OP.2C4H9.2BrH.Sn/c2*1-7(2)11(10,8(3)4)9(5)6;2*1-3-4-2;;;/h2*1-6H3;2*1,3-4H2,2H3;2*1H;/q;;;;;;+2/p-2. The van der Waals surface area contributed by atoms with Crippen molar-refractivity contribution in [3.8, 4) is 0 Å². The number of unbranched alkanes of at least 4 members (excludes halogenated alkanes) is 2. The van der Waals surface area contributed by atoms with Gasteiger partial charge in [0.15, 0.2) is 0 Å². The quantitative estimate of drug-likeness (QED) is 0.169. The van der Waals surface area contributed by atoms with Crippen LogP contribution in [0.2, 0.25) is 8.87 Å². The van der Waals surface area contributed by atoms with E-state index in [0.29, 0.717) is 0 Å². The van der Waals surface area contributed by atoms with Crippen molar-refractivity contribution in [3.63, 3.8) is 0 Å². The molecule has 0 saturated heterocycles. The predicted molar refractivity (Wildman–Crippen MR) is 160 cm³/mol. The normalized spacial score (nSPS) is 13.0. The third-order valence-electron chi connectivity index (χ3n) is 4.92. The third-order valence-corrected chi connectivity index (χ3v) is 28.0. The van der Waals surface area contributed by atoms with E-state index >= 15 is 0 Å². The zero-order valence-electron chi connectivity index (χ0n) is 23.9. The summed E-state index contributed by atoms with van der Waals surface area (Å²) in [6.45, 7) is 4.53. The van der Waals surface area contributed by atoms with Gasteiger partial charge >= 0.3 is 87.7 Å². The van der Waals surface area contributed by atoms with E-state index < -0.39 is 29.1 Å². The van der Waals surface area contributed by atoms with Gasteiger partial charge in [0, 0.05) is 0 Å². The number of halogens is 2. The van der Waals surface area contributed by atoms with E-state index in [1.165, 1.54) is 34.6 Å². The average Bonchev–Trinajstić information content (AvgIpc) is 2.69. The van der Waals surface area contributed by atoms with Crippen molar-refractivity contribution >= 4 is 54.5 Å². The molecular formula is C20H54Br2N6O2P2Sn. The predicted octanol–water partition coefficient (Wildman–Crippen LogP) is 6.38. The van der Waals surface area contributed by atoms with Gasteiger partial charge < -0.3 is 0 Å². The van der Waals surface area contributed by atoms with E-state index in [2.05, 4.69) is 39.3 Å². The van der Waals surface area contributed by atoms with Gasteiger partial charge in [-0.3, -0.25) is 9.13 Å². The zero-order valence-corrected chi connectivity index (χ0v) is 31.7. The maximum atomic E-state index is 12.1. The maximum Gasteiger partial charge on any atom is 0.285 e.